The van der Waals surface area contributed by atoms with Gasteiger partial charge in [-0.15, -0.1) is 0 Å². The van der Waals surface area contributed by atoms with Gasteiger partial charge in [0.25, 0.3) is 0 Å². The van der Waals surface area contributed by atoms with Crippen molar-refractivity contribution in [1.82, 2.24) is 25.1 Å². The maximum atomic E-state index is 12.9. The number of pyridine rings is 1. The lowest BCUT2D eigenvalue weighted by molar-refractivity contribution is -0.131. The Morgan fingerprint density at radius 3 is 2.47 bits per heavy atom. The average molecular weight is 461 g/mol. The van der Waals surface area contributed by atoms with E-state index in [4.69, 9.17) is 0 Å². The van der Waals surface area contributed by atoms with Gasteiger partial charge >= 0.3 is 6.03 Å². The summed E-state index contributed by atoms with van der Waals surface area (Å²) in [5, 5.41) is 4.15. The molecule has 0 aliphatic carbocycles. The monoisotopic (exact) mass is 460 g/mol. The zero-order valence-electron chi connectivity index (χ0n) is 19.5. The number of rotatable bonds is 5. The van der Waals surface area contributed by atoms with E-state index < -0.39 is 0 Å². The molecule has 0 atom stereocenters. The number of hydrogen-bond acceptors (Lipinski definition) is 4. The molecule has 3 amide bonds. The van der Waals surface area contributed by atoms with Gasteiger partial charge in [-0.25, -0.2) is 9.78 Å². The molecule has 8 heteroatoms. The topological polar surface area (TPSA) is 84.6 Å². The number of urea groups is 1. The molecule has 1 aromatic carbocycles. The predicted molar refractivity (Wildman–Crippen MR) is 133 cm³/mol. The van der Waals surface area contributed by atoms with Gasteiger partial charge < -0.3 is 25.0 Å². The van der Waals surface area contributed by atoms with Crippen molar-refractivity contribution >= 4 is 28.7 Å². The Morgan fingerprint density at radius 2 is 1.65 bits per heavy atom. The van der Waals surface area contributed by atoms with Crippen LogP contribution in [0.3, 0.4) is 0 Å². The number of anilines is 1. The summed E-state index contributed by atoms with van der Waals surface area (Å²) in [5.41, 5.74) is 3.11. The highest BCUT2D eigenvalue weighted by Gasteiger charge is 2.25. The lowest BCUT2D eigenvalue weighted by atomic mass is 10.1. The Hall–Kier alpha value is -3.55. The fourth-order valence-electron chi connectivity index (χ4n) is 4.95. The van der Waals surface area contributed by atoms with Crippen molar-refractivity contribution in [2.75, 3.05) is 44.2 Å². The number of nitrogens with zero attached hydrogens (tertiary/aromatic N) is 4. The largest absolute Gasteiger partial charge is 0.361 e. The number of carbonyl (C=O) groups excluding carboxylic acids is 2. The molecule has 2 aromatic heterocycles. The second-order valence-corrected chi connectivity index (χ2v) is 9.10. The summed E-state index contributed by atoms with van der Waals surface area (Å²) in [4.78, 5) is 39.5. The number of amides is 3. The first-order valence-electron chi connectivity index (χ1n) is 12.2. The molecule has 0 unspecified atom stereocenters. The van der Waals surface area contributed by atoms with E-state index in [2.05, 4.69) is 20.2 Å². The Balaban J connectivity index is 1.12. The van der Waals surface area contributed by atoms with E-state index in [1.807, 2.05) is 53.7 Å². The lowest BCUT2D eigenvalue weighted by Crippen LogP contribution is -2.53. The van der Waals surface area contributed by atoms with Gasteiger partial charge in [0.1, 0.15) is 5.82 Å². The van der Waals surface area contributed by atoms with Crippen LogP contribution < -0.4 is 10.2 Å². The Bertz CT molecular complexity index is 1140. The van der Waals surface area contributed by atoms with Gasteiger partial charge in [0.2, 0.25) is 5.91 Å². The van der Waals surface area contributed by atoms with E-state index >= 15 is 0 Å². The number of para-hydroxylation sites is 1. The highest BCUT2D eigenvalue weighted by Crippen LogP contribution is 2.22. The van der Waals surface area contributed by atoms with Crippen molar-refractivity contribution in [2.45, 2.75) is 32.2 Å². The van der Waals surface area contributed by atoms with E-state index in [9.17, 15) is 9.59 Å². The molecule has 34 heavy (non-hydrogen) atoms. The lowest BCUT2D eigenvalue weighted by Gasteiger charge is -2.35. The van der Waals surface area contributed by atoms with Gasteiger partial charge in [-0.2, -0.15) is 0 Å². The Labute approximate surface area is 199 Å². The fraction of sp³-hybridized carbons (Fsp3) is 0.423. The summed E-state index contributed by atoms with van der Waals surface area (Å²) < 4.78 is 0. The number of aromatic nitrogens is 2. The first-order valence-corrected chi connectivity index (χ1v) is 12.2. The third-order valence-corrected chi connectivity index (χ3v) is 6.89. The van der Waals surface area contributed by atoms with Crippen LogP contribution in [0.5, 0.6) is 0 Å². The van der Waals surface area contributed by atoms with Crippen molar-refractivity contribution < 1.29 is 9.59 Å². The van der Waals surface area contributed by atoms with Gasteiger partial charge in [0.05, 0.1) is 6.42 Å². The molecule has 0 bridgehead atoms. The van der Waals surface area contributed by atoms with Crippen LogP contribution >= 0.6 is 0 Å². The van der Waals surface area contributed by atoms with Crippen LogP contribution in [0, 0.1) is 0 Å². The van der Waals surface area contributed by atoms with Crippen LogP contribution in [-0.4, -0.2) is 71.0 Å². The minimum absolute atomic E-state index is 0.0859. The predicted octanol–water partition coefficient (Wildman–Crippen LogP) is 3.15. The zero-order valence-corrected chi connectivity index (χ0v) is 19.5. The first kappa shape index (κ1) is 22.3. The van der Waals surface area contributed by atoms with Crippen molar-refractivity contribution in [3.8, 4) is 0 Å². The molecular formula is C26H32N6O2. The van der Waals surface area contributed by atoms with E-state index in [0.717, 1.165) is 40.9 Å². The van der Waals surface area contributed by atoms with E-state index in [0.29, 0.717) is 39.1 Å². The smallest absolute Gasteiger partial charge is 0.317 e. The van der Waals surface area contributed by atoms with Crippen molar-refractivity contribution in [3.05, 3.63) is 59.9 Å². The molecule has 2 aliphatic rings. The van der Waals surface area contributed by atoms with Gasteiger partial charge in [-0.3, -0.25) is 4.79 Å². The maximum absolute atomic E-state index is 12.9. The standard InChI is InChI=1S/C26H32N6O2/c33-24(17-21-19-28-23-9-3-2-8-22(21)23)30-13-15-32(16-14-30)26(34)29-18-20-7-6-10-27-25(20)31-11-4-1-5-12-31/h2-3,6-10,19,28H,1,4-5,11-18H2,(H,29,34). The highest BCUT2D eigenvalue weighted by molar-refractivity contribution is 5.89. The number of fused-ring (bicyclic) bond motifs is 1. The van der Waals surface area contributed by atoms with E-state index in [1.54, 1.807) is 4.90 Å². The minimum Gasteiger partial charge on any atom is -0.361 e. The molecule has 3 aromatic rings. The number of hydrogen-bond donors (Lipinski definition) is 2. The van der Waals surface area contributed by atoms with Crippen LogP contribution in [0.1, 0.15) is 30.4 Å². The molecule has 0 saturated carbocycles. The summed E-state index contributed by atoms with van der Waals surface area (Å²) in [5.74, 6) is 1.08. The van der Waals surface area contributed by atoms with Crippen LogP contribution in [0.2, 0.25) is 0 Å². The van der Waals surface area contributed by atoms with Gasteiger partial charge in [-0.1, -0.05) is 24.3 Å². The van der Waals surface area contributed by atoms with E-state index in [-0.39, 0.29) is 11.9 Å². The summed E-state index contributed by atoms with van der Waals surface area (Å²) >= 11 is 0. The van der Waals surface area contributed by atoms with Crippen LogP contribution in [0.4, 0.5) is 10.6 Å². The Morgan fingerprint density at radius 1 is 0.882 bits per heavy atom. The van der Waals surface area contributed by atoms with E-state index in [1.165, 1.54) is 19.3 Å². The van der Waals surface area contributed by atoms with Crippen LogP contribution in [0.15, 0.2) is 48.8 Å². The molecule has 4 heterocycles. The summed E-state index contributed by atoms with van der Waals surface area (Å²) in [7, 11) is 0. The van der Waals surface area contributed by atoms with Gasteiger partial charge in [-0.05, 0) is 37.0 Å². The minimum atomic E-state index is -0.0859. The summed E-state index contributed by atoms with van der Waals surface area (Å²) in [6.07, 6.45) is 7.75. The average Bonchev–Trinajstić information content (AvgIpc) is 3.30. The maximum Gasteiger partial charge on any atom is 0.317 e. The Kier molecular flexibility index (Phi) is 6.65. The molecule has 0 radical (unpaired) electrons. The van der Waals surface area contributed by atoms with Crippen LogP contribution in [0.25, 0.3) is 10.9 Å². The normalized spacial score (nSPS) is 16.6. The SMILES string of the molecule is O=C(Cc1c[nH]c2ccccc12)N1CCN(C(=O)NCc2cccnc2N2CCCCC2)CC1. The number of nitrogens with one attached hydrogen (secondary N) is 2. The molecule has 0 spiro atoms. The molecule has 5 rings (SSSR count). The molecule has 2 fully saturated rings. The second kappa shape index (κ2) is 10.2. The number of benzene rings is 1. The third kappa shape index (κ3) is 4.85. The summed E-state index contributed by atoms with van der Waals surface area (Å²) in [6, 6.07) is 11.9. The number of piperazine rings is 1. The third-order valence-electron chi connectivity index (χ3n) is 6.89. The van der Waals surface area contributed by atoms with Crippen molar-refractivity contribution in [3.63, 3.8) is 0 Å². The summed E-state index contributed by atoms with van der Waals surface area (Å²) in [6.45, 7) is 4.69. The molecule has 2 N–H and O–H groups in total. The van der Waals surface area contributed by atoms with Crippen LogP contribution in [-0.2, 0) is 17.8 Å². The van der Waals surface area contributed by atoms with Gasteiger partial charge in [0.15, 0.2) is 0 Å². The molecular weight excluding hydrogens is 428 g/mol. The number of aromatic amines is 1. The molecule has 178 valence electrons. The molecule has 2 saturated heterocycles. The quantitative estimate of drug-likeness (QED) is 0.613. The molecule has 8 nitrogen and oxygen atoms in total. The number of H-pyrrole nitrogens is 1. The molecule has 2 aliphatic heterocycles. The first-order chi connectivity index (χ1) is 16.7. The highest BCUT2D eigenvalue weighted by atomic mass is 16.2. The second-order valence-electron chi connectivity index (χ2n) is 9.10. The van der Waals surface area contributed by atoms with Crippen molar-refractivity contribution in [1.29, 1.82) is 0 Å². The fourth-order valence-corrected chi connectivity index (χ4v) is 4.95. The zero-order chi connectivity index (χ0) is 23.3. The number of carbonyl (C=O) groups is 2. The van der Waals surface area contributed by atoms with Crippen molar-refractivity contribution in [2.24, 2.45) is 0 Å². The van der Waals surface area contributed by atoms with Gasteiger partial charge in [0, 0.05) is 74.7 Å². The number of piperidine rings is 1.